The van der Waals surface area contributed by atoms with E-state index in [0.717, 1.165) is 0 Å². The molecule has 5 nitrogen and oxygen atoms in total. The van der Waals surface area contributed by atoms with Crippen molar-refractivity contribution >= 4 is 29.7 Å². The Morgan fingerprint density at radius 1 is 1.53 bits per heavy atom. The first-order chi connectivity index (χ1) is 7.56. The number of nitrogens with zero attached hydrogens (tertiary/aromatic N) is 1. The smallest absolute Gasteiger partial charge is 0.274 e. The molecule has 0 heterocycles. The fourth-order valence-corrected chi connectivity index (χ4v) is 1.64. The van der Waals surface area contributed by atoms with Gasteiger partial charge in [0.2, 0.25) is 0 Å². The second-order valence-corrected chi connectivity index (χ2v) is 3.87. The maximum Gasteiger partial charge on any atom is 0.274 e. The zero-order valence-electron chi connectivity index (χ0n) is 9.01. The molecule has 7 heteroatoms. The molecule has 1 aromatic rings. The van der Waals surface area contributed by atoms with Gasteiger partial charge in [-0.15, -0.1) is 12.4 Å². The Bertz CT molecular complexity index is 388. The van der Waals surface area contributed by atoms with E-state index in [-0.39, 0.29) is 24.7 Å². The molecular formula is C10H14Cl2N2O3. The molecule has 1 aromatic carbocycles. The zero-order chi connectivity index (χ0) is 12.1. The fraction of sp³-hybridized carbons (Fsp3) is 0.400. The molecule has 0 bridgehead atoms. The lowest BCUT2D eigenvalue weighted by atomic mass is 10.0. The van der Waals surface area contributed by atoms with E-state index in [4.69, 9.17) is 22.4 Å². The van der Waals surface area contributed by atoms with E-state index in [2.05, 4.69) is 0 Å². The summed E-state index contributed by atoms with van der Waals surface area (Å²) in [6.45, 7) is 0.0159. The van der Waals surface area contributed by atoms with Crippen molar-refractivity contribution in [2.24, 2.45) is 5.73 Å². The Hall–Kier alpha value is -0.880. The van der Waals surface area contributed by atoms with E-state index >= 15 is 0 Å². The van der Waals surface area contributed by atoms with Gasteiger partial charge >= 0.3 is 0 Å². The van der Waals surface area contributed by atoms with Crippen molar-refractivity contribution in [2.45, 2.75) is 18.9 Å². The van der Waals surface area contributed by atoms with Gasteiger partial charge in [-0.05, 0) is 25.0 Å². The van der Waals surface area contributed by atoms with Gasteiger partial charge in [-0.2, -0.15) is 0 Å². The third-order valence-corrected chi connectivity index (χ3v) is 2.49. The number of hydrogen-bond donors (Lipinski definition) is 2. The highest BCUT2D eigenvalue weighted by Gasteiger charge is 2.19. The monoisotopic (exact) mass is 280 g/mol. The largest absolute Gasteiger partial charge is 0.396 e. The predicted octanol–water partition coefficient (Wildman–Crippen LogP) is 2.44. The molecule has 0 aliphatic rings. The van der Waals surface area contributed by atoms with Gasteiger partial charge in [-0.3, -0.25) is 10.1 Å². The molecule has 0 fully saturated rings. The van der Waals surface area contributed by atoms with Crippen LogP contribution in [0.4, 0.5) is 5.69 Å². The van der Waals surface area contributed by atoms with Crippen molar-refractivity contribution in [3.8, 4) is 0 Å². The van der Waals surface area contributed by atoms with Gasteiger partial charge in [0.05, 0.1) is 4.92 Å². The normalized spacial score (nSPS) is 11.7. The summed E-state index contributed by atoms with van der Waals surface area (Å²) in [5.74, 6) is 0. The van der Waals surface area contributed by atoms with Crippen LogP contribution >= 0.6 is 24.0 Å². The molecule has 0 aliphatic heterocycles. The number of aliphatic hydroxyl groups excluding tert-OH is 1. The molecule has 0 saturated carbocycles. The molecule has 3 N–H and O–H groups in total. The molecule has 96 valence electrons. The fourth-order valence-electron chi connectivity index (χ4n) is 1.46. The molecule has 0 amide bonds. The third-order valence-electron chi connectivity index (χ3n) is 2.26. The average Bonchev–Trinajstić information content (AvgIpc) is 2.25. The Kier molecular flexibility index (Phi) is 7.06. The van der Waals surface area contributed by atoms with E-state index < -0.39 is 11.0 Å². The van der Waals surface area contributed by atoms with Crippen molar-refractivity contribution < 1.29 is 10.0 Å². The maximum atomic E-state index is 10.8. The Balaban J connectivity index is 0.00000256. The van der Waals surface area contributed by atoms with Crippen LogP contribution in [0, 0.1) is 10.1 Å². The van der Waals surface area contributed by atoms with Crippen LogP contribution < -0.4 is 5.73 Å². The van der Waals surface area contributed by atoms with Crippen molar-refractivity contribution in [2.75, 3.05) is 6.61 Å². The number of aliphatic hydroxyl groups is 1. The maximum absolute atomic E-state index is 10.8. The highest BCUT2D eigenvalue weighted by Crippen LogP contribution is 2.29. The van der Waals surface area contributed by atoms with Crippen LogP contribution in [0.15, 0.2) is 18.2 Å². The zero-order valence-corrected chi connectivity index (χ0v) is 10.6. The van der Waals surface area contributed by atoms with E-state index in [9.17, 15) is 10.1 Å². The van der Waals surface area contributed by atoms with Crippen molar-refractivity contribution in [1.82, 2.24) is 0 Å². The lowest BCUT2D eigenvalue weighted by Gasteiger charge is -2.11. The number of hydrogen-bond acceptors (Lipinski definition) is 4. The summed E-state index contributed by atoms with van der Waals surface area (Å²) < 4.78 is 0. The predicted molar refractivity (Wildman–Crippen MR) is 68.6 cm³/mol. The molecule has 0 unspecified atom stereocenters. The van der Waals surface area contributed by atoms with Crippen molar-refractivity contribution in [1.29, 1.82) is 0 Å². The van der Waals surface area contributed by atoms with Crippen LogP contribution in [0.3, 0.4) is 0 Å². The minimum atomic E-state index is -0.482. The summed E-state index contributed by atoms with van der Waals surface area (Å²) >= 11 is 5.77. The molecule has 0 spiro atoms. The highest BCUT2D eigenvalue weighted by atomic mass is 35.5. The first-order valence-electron chi connectivity index (χ1n) is 4.86. The Labute approximate surface area is 110 Å². The van der Waals surface area contributed by atoms with Gasteiger partial charge in [-0.25, -0.2) is 0 Å². The van der Waals surface area contributed by atoms with Crippen LogP contribution in [-0.2, 0) is 0 Å². The molecule has 0 aromatic heterocycles. The summed E-state index contributed by atoms with van der Waals surface area (Å²) in [4.78, 5) is 10.3. The topological polar surface area (TPSA) is 89.4 Å². The number of benzene rings is 1. The molecule has 0 radical (unpaired) electrons. The molecule has 0 saturated heterocycles. The number of nitro benzene ring substituents is 1. The van der Waals surface area contributed by atoms with Gasteiger partial charge in [0.25, 0.3) is 5.69 Å². The van der Waals surface area contributed by atoms with Crippen LogP contribution in [0.2, 0.25) is 5.02 Å². The second kappa shape index (κ2) is 7.45. The molecule has 0 aliphatic carbocycles. The summed E-state index contributed by atoms with van der Waals surface area (Å²) in [6.07, 6.45) is 0.989. The van der Waals surface area contributed by atoms with Crippen LogP contribution in [-0.4, -0.2) is 16.6 Å². The van der Waals surface area contributed by atoms with Crippen LogP contribution in [0.5, 0.6) is 0 Å². The summed E-state index contributed by atoms with van der Waals surface area (Å²) in [7, 11) is 0. The van der Waals surface area contributed by atoms with E-state index in [1.807, 2.05) is 0 Å². The lowest BCUT2D eigenvalue weighted by molar-refractivity contribution is -0.385. The van der Waals surface area contributed by atoms with Gasteiger partial charge < -0.3 is 10.8 Å². The quantitative estimate of drug-likeness (QED) is 0.640. The Morgan fingerprint density at radius 2 is 2.18 bits per heavy atom. The van der Waals surface area contributed by atoms with E-state index in [0.29, 0.717) is 23.4 Å². The Morgan fingerprint density at radius 3 is 2.71 bits per heavy atom. The molecule has 17 heavy (non-hydrogen) atoms. The van der Waals surface area contributed by atoms with Gasteiger partial charge in [-0.1, -0.05) is 11.6 Å². The third kappa shape index (κ3) is 4.47. The van der Waals surface area contributed by atoms with Crippen LogP contribution in [0.25, 0.3) is 0 Å². The first-order valence-corrected chi connectivity index (χ1v) is 5.24. The van der Waals surface area contributed by atoms with Crippen molar-refractivity contribution in [3.05, 3.63) is 38.9 Å². The number of rotatable bonds is 5. The average molecular weight is 281 g/mol. The van der Waals surface area contributed by atoms with Gasteiger partial charge in [0.1, 0.15) is 0 Å². The summed E-state index contributed by atoms with van der Waals surface area (Å²) in [6, 6.07) is 3.83. The van der Waals surface area contributed by atoms with Gasteiger partial charge in [0, 0.05) is 29.3 Å². The summed E-state index contributed by atoms with van der Waals surface area (Å²) in [5, 5.41) is 19.9. The van der Waals surface area contributed by atoms with E-state index in [1.165, 1.54) is 18.2 Å². The SMILES string of the molecule is Cl.N[C@@H](CCCO)c1cc(Cl)ccc1[N+](=O)[O-]. The van der Waals surface area contributed by atoms with E-state index in [1.54, 1.807) is 0 Å². The first kappa shape index (κ1) is 16.1. The summed E-state index contributed by atoms with van der Waals surface area (Å²) in [5.41, 5.74) is 6.19. The standard InChI is InChI=1S/C10H13ClN2O3.ClH/c11-7-3-4-10(13(15)16)8(6-7)9(12)2-1-5-14;/h3-4,6,9,14H,1-2,5,12H2;1H/t9-;/m0./s1. The highest BCUT2D eigenvalue weighted by molar-refractivity contribution is 6.30. The minimum Gasteiger partial charge on any atom is -0.396 e. The number of nitro groups is 1. The number of nitrogens with two attached hydrogens (primary N) is 1. The van der Waals surface area contributed by atoms with Gasteiger partial charge in [0.15, 0.2) is 0 Å². The molecule has 1 rings (SSSR count). The van der Waals surface area contributed by atoms with Crippen molar-refractivity contribution in [3.63, 3.8) is 0 Å². The molecular weight excluding hydrogens is 267 g/mol. The second-order valence-electron chi connectivity index (χ2n) is 3.43. The lowest BCUT2D eigenvalue weighted by Crippen LogP contribution is -2.13. The number of halogens is 2. The molecule has 1 atom stereocenters. The minimum absolute atomic E-state index is 0. The van der Waals surface area contributed by atoms with Crippen LogP contribution in [0.1, 0.15) is 24.4 Å².